The Morgan fingerprint density at radius 3 is 2.60 bits per heavy atom. The van der Waals surface area contributed by atoms with Crippen LogP contribution in [0.5, 0.6) is 0 Å². The molecule has 0 radical (unpaired) electrons. The predicted octanol–water partition coefficient (Wildman–Crippen LogP) is 4.13. The quantitative estimate of drug-likeness (QED) is 0.469. The van der Waals surface area contributed by atoms with Crippen LogP contribution in [0.15, 0.2) is 59.5 Å². The third kappa shape index (κ3) is 3.92. The second kappa shape index (κ2) is 8.47. The van der Waals surface area contributed by atoms with E-state index in [9.17, 15) is 4.79 Å². The highest BCUT2D eigenvalue weighted by Gasteiger charge is 2.19. The molecule has 4 aromatic rings. The van der Waals surface area contributed by atoms with Crippen molar-refractivity contribution in [2.75, 3.05) is 26.0 Å². The largest absolute Gasteiger partial charge is 0.380 e. The summed E-state index contributed by atoms with van der Waals surface area (Å²) in [6, 6.07) is 15.2. The van der Waals surface area contributed by atoms with Gasteiger partial charge >= 0.3 is 0 Å². The third-order valence-electron chi connectivity index (χ3n) is 4.87. The van der Waals surface area contributed by atoms with Gasteiger partial charge in [-0.15, -0.1) is 0 Å². The van der Waals surface area contributed by atoms with Crippen LogP contribution in [-0.4, -0.2) is 45.3 Å². The molecule has 0 bridgehead atoms. The molecule has 0 aliphatic carbocycles. The smallest absolute Gasteiger partial charge is 0.295 e. The Labute approximate surface area is 183 Å². The Balaban J connectivity index is 1.60. The first-order valence-electron chi connectivity index (χ1n) is 9.33. The summed E-state index contributed by atoms with van der Waals surface area (Å²) in [4.78, 5) is 22.3. The number of likely N-dealkylation sites (N-methyl/N-ethyl adjacent to an activating group) is 1. The number of imidazole rings is 1. The molecule has 7 nitrogen and oxygen atoms in total. The number of hydrogen-bond acceptors (Lipinski definition) is 5. The van der Waals surface area contributed by atoms with Crippen LogP contribution in [-0.2, 0) is 0 Å². The number of hydrogen-bond donors (Lipinski definition) is 2. The molecule has 2 N–H and O–H groups in total. The van der Waals surface area contributed by atoms with E-state index in [1.807, 2.05) is 67.5 Å². The summed E-state index contributed by atoms with van der Waals surface area (Å²) in [5.41, 5.74) is 2.53. The Hall–Kier alpha value is -2.87. The predicted molar refractivity (Wildman–Crippen MR) is 121 cm³/mol. The summed E-state index contributed by atoms with van der Waals surface area (Å²) in [5, 5.41) is 8.20. The highest BCUT2D eigenvalue weighted by Crippen LogP contribution is 2.27. The molecule has 9 heteroatoms. The van der Waals surface area contributed by atoms with Crippen molar-refractivity contribution >= 4 is 39.9 Å². The highest BCUT2D eigenvalue weighted by molar-refractivity contribution is 6.33. The number of para-hydroxylation sites is 2. The van der Waals surface area contributed by atoms with Gasteiger partial charge in [0.05, 0.1) is 29.0 Å². The van der Waals surface area contributed by atoms with Crippen LogP contribution in [0.1, 0.15) is 11.6 Å². The number of fused-ring (bicyclic) bond motifs is 1. The van der Waals surface area contributed by atoms with Crippen molar-refractivity contribution in [2.45, 2.75) is 6.04 Å². The van der Waals surface area contributed by atoms with E-state index < -0.39 is 5.56 Å². The number of rotatable bonds is 6. The maximum atomic E-state index is 12.8. The van der Waals surface area contributed by atoms with Crippen molar-refractivity contribution in [1.82, 2.24) is 24.6 Å². The molecule has 4 rings (SSSR count). The molecule has 0 saturated carbocycles. The zero-order valence-electron chi connectivity index (χ0n) is 16.4. The lowest BCUT2D eigenvalue weighted by atomic mass is 10.1. The van der Waals surface area contributed by atoms with E-state index in [0.29, 0.717) is 23.2 Å². The lowest BCUT2D eigenvalue weighted by molar-refractivity contribution is 0.312. The van der Waals surface area contributed by atoms with E-state index in [2.05, 4.69) is 20.4 Å². The molecule has 1 atom stereocenters. The lowest BCUT2D eigenvalue weighted by Crippen LogP contribution is -2.28. The van der Waals surface area contributed by atoms with Crippen LogP contribution in [0.4, 0.5) is 5.69 Å². The summed E-state index contributed by atoms with van der Waals surface area (Å²) in [7, 11) is 3.93. The number of H-pyrrole nitrogens is 1. The van der Waals surface area contributed by atoms with Crippen molar-refractivity contribution < 1.29 is 0 Å². The molecule has 0 fully saturated rings. The topological polar surface area (TPSA) is 78.8 Å². The molecule has 0 amide bonds. The van der Waals surface area contributed by atoms with Crippen molar-refractivity contribution in [1.29, 1.82) is 0 Å². The van der Waals surface area contributed by atoms with Gasteiger partial charge < -0.3 is 15.2 Å². The van der Waals surface area contributed by atoms with Crippen LogP contribution >= 0.6 is 23.2 Å². The Morgan fingerprint density at radius 2 is 1.87 bits per heavy atom. The van der Waals surface area contributed by atoms with Crippen LogP contribution in [0, 0.1) is 0 Å². The fourth-order valence-corrected chi connectivity index (χ4v) is 3.73. The maximum Gasteiger partial charge on any atom is 0.295 e. The lowest BCUT2D eigenvalue weighted by Gasteiger charge is -2.26. The molecule has 0 aliphatic heterocycles. The van der Waals surface area contributed by atoms with Gasteiger partial charge in [-0.25, -0.2) is 4.98 Å². The summed E-state index contributed by atoms with van der Waals surface area (Å²) < 4.78 is 1.16. The third-order valence-corrected chi connectivity index (χ3v) is 5.58. The van der Waals surface area contributed by atoms with Gasteiger partial charge in [0.2, 0.25) is 5.95 Å². The van der Waals surface area contributed by atoms with Crippen LogP contribution in [0.2, 0.25) is 10.0 Å². The maximum absolute atomic E-state index is 12.8. The Morgan fingerprint density at radius 1 is 1.13 bits per heavy atom. The number of aromatic nitrogens is 4. The van der Waals surface area contributed by atoms with Gasteiger partial charge in [-0.2, -0.15) is 9.78 Å². The molecule has 0 saturated heterocycles. The summed E-state index contributed by atoms with van der Waals surface area (Å²) in [6.07, 6.45) is 1.52. The van der Waals surface area contributed by atoms with Crippen LogP contribution in [0.3, 0.4) is 0 Å². The molecular weight excluding hydrogens is 423 g/mol. The van der Waals surface area contributed by atoms with Crippen molar-refractivity contribution in [3.63, 3.8) is 0 Å². The first-order chi connectivity index (χ1) is 14.5. The molecule has 0 aliphatic rings. The van der Waals surface area contributed by atoms with E-state index in [-0.39, 0.29) is 11.1 Å². The number of benzene rings is 2. The first kappa shape index (κ1) is 20.4. The van der Waals surface area contributed by atoms with Gasteiger partial charge in [0.25, 0.3) is 5.56 Å². The molecule has 154 valence electrons. The standard InChI is InChI=1S/C21H20Cl2N6O/c1-28(2)18(13-7-3-4-8-14(13)22)12-24-17-11-25-29(20(30)19(17)23)21-26-15-9-5-6-10-16(15)27-21/h3-11,18,24H,12H2,1-2H3,(H,26,27). The molecule has 1 unspecified atom stereocenters. The Bertz CT molecular complexity index is 1220. The monoisotopic (exact) mass is 442 g/mol. The van der Waals surface area contributed by atoms with E-state index in [4.69, 9.17) is 23.2 Å². The molecule has 2 aromatic carbocycles. The average molecular weight is 443 g/mol. The van der Waals surface area contributed by atoms with Gasteiger partial charge in [-0.1, -0.05) is 53.5 Å². The second-order valence-corrected chi connectivity index (χ2v) is 7.83. The zero-order valence-corrected chi connectivity index (χ0v) is 17.9. The molecule has 30 heavy (non-hydrogen) atoms. The SMILES string of the molecule is CN(C)C(CNc1cnn(-c2nc3ccccc3[nH]2)c(=O)c1Cl)c1ccccc1Cl. The van der Waals surface area contributed by atoms with E-state index in [1.165, 1.54) is 6.20 Å². The fraction of sp³-hybridized carbons (Fsp3) is 0.190. The highest BCUT2D eigenvalue weighted by atomic mass is 35.5. The van der Waals surface area contributed by atoms with Gasteiger partial charge in [0.1, 0.15) is 5.02 Å². The van der Waals surface area contributed by atoms with Gasteiger partial charge in [-0.05, 0) is 37.9 Å². The van der Waals surface area contributed by atoms with E-state index >= 15 is 0 Å². The van der Waals surface area contributed by atoms with E-state index in [0.717, 1.165) is 21.3 Å². The van der Waals surface area contributed by atoms with Crippen molar-refractivity contribution in [2.24, 2.45) is 0 Å². The van der Waals surface area contributed by atoms with Crippen molar-refractivity contribution in [3.8, 4) is 5.95 Å². The minimum atomic E-state index is -0.458. The van der Waals surface area contributed by atoms with Crippen molar-refractivity contribution in [3.05, 3.63) is 80.7 Å². The summed E-state index contributed by atoms with van der Waals surface area (Å²) in [5.74, 6) is 0.317. The number of anilines is 1. The minimum Gasteiger partial charge on any atom is -0.380 e. The number of nitrogens with one attached hydrogen (secondary N) is 2. The van der Waals surface area contributed by atoms with Gasteiger partial charge in [0, 0.05) is 11.6 Å². The Kier molecular flexibility index (Phi) is 5.76. The molecule has 0 spiro atoms. The normalized spacial score (nSPS) is 12.4. The van der Waals surface area contributed by atoms with Crippen LogP contribution in [0.25, 0.3) is 17.0 Å². The zero-order chi connectivity index (χ0) is 21.3. The summed E-state index contributed by atoms with van der Waals surface area (Å²) >= 11 is 12.7. The second-order valence-electron chi connectivity index (χ2n) is 7.05. The number of nitrogens with zero attached hydrogens (tertiary/aromatic N) is 4. The molecule has 2 heterocycles. The molecular formula is C21H20Cl2N6O. The number of aromatic amines is 1. The van der Waals surface area contributed by atoms with E-state index in [1.54, 1.807) is 0 Å². The average Bonchev–Trinajstić information content (AvgIpc) is 3.16. The first-order valence-corrected chi connectivity index (χ1v) is 10.1. The fourth-order valence-electron chi connectivity index (χ4n) is 3.27. The van der Waals surface area contributed by atoms with Gasteiger partial charge in [0.15, 0.2) is 0 Å². The van der Waals surface area contributed by atoms with Crippen LogP contribution < -0.4 is 10.9 Å². The number of halogens is 2. The van der Waals surface area contributed by atoms with Gasteiger partial charge in [-0.3, -0.25) is 4.79 Å². The molecule has 2 aromatic heterocycles. The summed E-state index contributed by atoms with van der Waals surface area (Å²) in [6.45, 7) is 0.492. The minimum absolute atomic E-state index is 0.0208.